The standard InChI is InChI=1S/C23H28N2O/c1-2-8-22(25-18-23(17-24)15-6-7-16-23)19-11-13-21(14-12-19)26-20-9-4-3-5-10-20/h3-5,9-14,22,25H,2,6-8,15-16,18H2,1H3. The van der Waals surface area contributed by atoms with Crippen molar-refractivity contribution in [1.82, 2.24) is 5.32 Å². The van der Waals surface area contributed by atoms with Crippen LogP contribution in [0.5, 0.6) is 11.5 Å². The SMILES string of the molecule is CCCC(NCC1(C#N)CCCC1)c1ccc(Oc2ccccc2)cc1. The van der Waals surface area contributed by atoms with Gasteiger partial charge in [-0.05, 0) is 49.1 Å². The van der Waals surface area contributed by atoms with Gasteiger partial charge in [-0.3, -0.25) is 0 Å². The number of benzene rings is 2. The normalized spacial score (nSPS) is 16.8. The van der Waals surface area contributed by atoms with Gasteiger partial charge in [-0.1, -0.05) is 56.5 Å². The van der Waals surface area contributed by atoms with Crippen LogP contribution < -0.4 is 10.1 Å². The second-order valence-electron chi connectivity index (χ2n) is 7.31. The molecule has 0 amide bonds. The third-order valence-corrected chi connectivity index (χ3v) is 5.32. The van der Waals surface area contributed by atoms with E-state index >= 15 is 0 Å². The highest BCUT2D eigenvalue weighted by Crippen LogP contribution is 2.37. The number of nitrogens with one attached hydrogen (secondary N) is 1. The zero-order valence-corrected chi connectivity index (χ0v) is 15.6. The highest BCUT2D eigenvalue weighted by Gasteiger charge is 2.34. The largest absolute Gasteiger partial charge is 0.457 e. The summed E-state index contributed by atoms with van der Waals surface area (Å²) in [5.41, 5.74) is 1.10. The topological polar surface area (TPSA) is 45.0 Å². The van der Waals surface area contributed by atoms with Gasteiger partial charge >= 0.3 is 0 Å². The molecule has 1 aliphatic rings. The van der Waals surface area contributed by atoms with Crippen LogP contribution in [0.4, 0.5) is 0 Å². The lowest BCUT2D eigenvalue weighted by molar-refractivity contribution is 0.344. The lowest BCUT2D eigenvalue weighted by atomic mass is 9.87. The van der Waals surface area contributed by atoms with Gasteiger partial charge in [0.15, 0.2) is 0 Å². The molecule has 0 spiro atoms. The van der Waals surface area contributed by atoms with Crippen LogP contribution in [0.25, 0.3) is 0 Å². The Morgan fingerprint density at radius 3 is 2.31 bits per heavy atom. The molecule has 1 atom stereocenters. The number of nitrogens with zero attached hydrogens (tertiary/aromatic N) is 1. The molecule has 1 N–H and O–H groups in total. The van der Waals surface area contributed by atoms with Gasteiger partial charge in [-0.25, -0.2) is 0 Å². The van der Waals surface area contributed by atoms with E-state index in [9.17, 15) is 5.26 Å². The molecular formula is C23H28N2O. The van der Waals surface area contributed by atoms with Crippen LogP contribution in [0, 0.1) is 16.7 Å². The van der Waals surface area contributed by atoms with Crippen molar-refractivity contribution in [1.29, 1.82) is 5.26 Å². The first-order valence-corrected chi connectivity index (χ1v) is 9.72. The van der Waals surface area contributed by atoms with Crippen molar-refractivity contribution in [3.8, 4) is 17.6 Å². The Labute approximate surface area is 157 Å². The molecule has 0 aromatic heterocycles. The van der Waals surface area contributed by atoms with E-state index < -0.39 is 0 Å². The lowest BCUT2D eigenvalue weighted by Crippen LogP contribution is -2.33. The quantitative estimate of drug-likeness (QED) is 0.637. The predicted molar refractivity (Wildman–Crippen MR) is 105 cm³/mol. The lowest BCUT2D eigenvalue weighted by Gasteiger charge is -2.26. The molecule has 3 nitrogen and oxygen atoms in total. The van der Waals surface area contributed by atoms with Crippen molar-refractivity contribution >= 4 is 0 Å². The Morgan fingerprint density at radius 2 is 1.69 bits per heavy atom. The van der Waals surface area contributed by atoms with Gasteiger partial charge in [0.05, 0.1) is 11.5 Å². The maximum absolute atomic E-state index is 9.60. The monoisotopic (exact) mass is 348 g/mol. The van der Waals surface area contributed by atoms with Crippen LogP contribution in [-0.2, 0) is 0 Å². The van der Waals surface area contributed by atoms with Crippen LogP contribution in [0.3, 0.4) is 0 Å². The molecule has 2 aromatic rings. The fraction of sp³-hybridized carbons (Fsp3) is 0.435. The molecule has 2 aromatic carbocycles. The molecule has 1 fully saturated rings. The van der Waals surface area contributed by atoms with Crippen molar-refractivity contribution in [2.24, 2.45) is 5.41 Å². The second kappa shape index (κ2) is 8.87. The highest BCUT2D eigenvalue weighted by atomic mass is 16.5. The van der Waals surface area contributed by atoms with E-state index in [0.29, 0.717) is 0 Å². The average Bonchev–Trinajstić information content (AvgIpc) is 3.16. The molecule has 0 aliphatic heterocycles. The minimum Gasteiger partial charge on any atom is -0.457 e. The van der Waals surface area contributed by atoms with Crippen molar-refractivity contribution in [3.63, 3.8) is 0 Å². The van der Waals surface area contributed by atoms with E-state index in [1.807, 2.05) is 42.5 Å². The van der Waals surface area contributed by atoms with Gasteiger partial charge < -0.3 is 10.1 Å². The van der Waals surface area contributed by atoms with Crippen molar-refractivity contribution < 1.29 is 4.74 Å². The Kier molecular flexibility index (Phi) is 6.30. The Bertz CT molecular complexity index is 712. The summed E-state index contributed by atoms with van der Waals surface area (Å²) in [6.45, 7) is 2.99. The number of ether oxygens (including phenoxy) is 1. The van der Waals surface area contributed by atoms with Crippen LogP contribution in [0.15, 0.2) is 54.6 Å². The number of rotatable bonds is 8. The summed E-state index contributed by atoms with van der Waals surface area (Å²) < 4.78 is 5.88. The summed E-state index contributed by atoms with van der Waals surface area (Å²) in [7, 11) is 0. The smallest absolute Gasteiger partial charge is 0.127 e. The Morgan fingerprint density at radius 1 is 1.04 bits per heavy atom. The fourth-order valence-electron chi connectivity index (χ4n) is 3.77. The third-order valence-electron chi connectivity index (χ3n) is 5.32. The number of hydrogen-bond donors (Lipinski definition) is 1. The zero-order chi connectivity index (χ0) is 18.2. The van der Waals surface area contributed by atoms with E-state index in [1.165, 1.54) is 18.4 Å². The summed E-state index contributed by atoms with van der Waals surface area (Å²) in [5, 5.41) is 13.3. The first kappa shape index (κ1) is 18.5. The van der Waals surface area contributed by atoms with Crippen LogP contribution >= 0.6 is 0 Å². The van der Waals surface area contributed by atoms with Gasteiger partial charge in [0.25, 0.3) is 0 Å². The first-order valence-electron chi connectivity index (χ1n) is 9.72. The molecule has 3 heteroatoms. The molecule has 1 unspecified atom stereocenters. The molecule has 0 bridgehead atoms. The van der Waals surface area contributed by atoms with Crippen molar-refractivity contribution in [3.05, 3.63) is 60.2 Å². The van der Waals surface area contributed by atoms with E-state index in [0.717, 1.165) is 43.7 Å². The van der Waals surface area contributed by atoms with Crippen LogP contribution in [0.1, 0.15) is 57.1 Å². The summed E-state index contributed by atoms with van der Waals surface area (Å²) in [6, 6.07) is 21.0. The van der Waals surface area contributed by atoms with Gasteiger partial charge in [-0.15, -0.1) is 0 Å². The predicted octanol–water partition coefficient (Wildman–Crippen LogP) is 5.99. The molecule has 0 saturated heterocycles. The Hall–Kier alpha value is -2.31. The fourth-order valence-corrected chi connectivity index (χ4v) is 3.77. The Balaban J connectivity index is 1.65. The molecule has 0 heterocycles. The first-order chi connectivity index (χ1) is 12.7. The van der Waals surface area contributed by atoms with Gasteiger partial charge in [-0.2, -0.15) is 5.26 Å². The summed E-state index contributed by atoms with van der Waals surface area (Å²) in [6.07, 6.45) is 6.59. The van der Waals surface area contributed by atoms with E-state index in [1.54, 1.807) is 0 Å². The molecule has 3 rings (SSSR count). The van der Waals surface area contributed by atoms with Crippen molar-refractivity contribution in [2.75, 3.05) is 6.54 Å². The number of nitriles is 1. The van der Waals surface area contributed by atoms with Gasteiger partial charge in [0.2, 0.25) is 0 Å². The molecule has 26 heavy (non-hydrogen) atoms. The average molecular weight is 348 g/mol. The molecule has 1 aliphatic carbocycles. The molecular weight excluding hydrogens is 320 g/mol. The summed E-state index contributed by atoms with van der Waals surface area (Å²) in [4.78, 5) is 0. The zero-order valence-electron chi connectivity index (χ0n) is 15.6. The number of para-hydroxylation sites is 1. The van der Waals surface area contributed by atoms with E-state index in [-0.39, 0.29) is 11.5 Å². The van der Waals surface area contributed by atoms with E-state index in [4.69, 9.17) is 4.74 Å². The second-order valence-corrected chi connectivity index (χ2v) is 7.31. The maximum atomic E-state index is 9.60. The minimum atomic E-state index is -0.164. The highest BCUT2D eigenvalue weighted by molar-refractivity contribution is 5.34. The molecule has 136 valence electrons. The summed E-state index contributed by atoms with van der Waals surface area (Å²) >= 11 is 0. The van der Waals surface area contributed by atoms with Crippen LogP contribution in [0.2, 0.25) is 0 Å². The van der Waals surface area contributed by atoms with Gasteiger partial charge in [0, 0.05) is 12.6 Å². The maximum Gasteiger partial charge on any atom is 0.127 e. The molecule has 1 saturated carbocycles. The van der Waals surface area contributed by atoms with Crippen LogP contribution in [-0.4, -0.2) is 6.54 Å². The minimum absolute atomic E-state index is 0.164. The van der Waals surface area contributed by atoms with Gasteiger partial charge in [0.1, 0.15) is 11.5 Å². The third kappa shape index (κ3) is 4.65. The summed E-state index contributed by atoms with van der Waals surface area (Å²) in [5.74, 6) is 1.69. The number of hydrogen-bond acceptors (Lipinski definition) is 3. The molecule has 0 radical (unpaired) electrons. The van der Waals surface area contributed by atoms with E-state index in [2.05, 4.69) is 30.4 Å². The van der Waals surface area contributed by atoms with Crippen molar-refractivity contribution in [2.45, 2.75) is 51.5 Å².